The average Bonchev–Trinajstić information content (AvgIpc) is 2.68. The van der Waals surface area contributed by atoms with Crippen molar-refractivity contribution < 1.29 is 18.3 Å². The molecule has 114 valence electrons. The van der Waals surface area contributed by atoms with Gasteiger partial charge in [-0.15, -0.1) is 10.2 Å². The van der Waals surface area contributed by atoms with Gasteiger partial charge in [0.15, 0.2) is 5.16 Å². The van der Waals surface area contributed by atoms with E-state index in [0.29, 0.717) is 18.1 Å². The highest BCUT2D eigenvalue weighted by molar-refractivity contribution is 7.99. The molecule has 0 fully saturated rings. The van der Waals surface area contributed by atoms with Crippen molar-refractivity contribution >= 4 is 27.8 Å². The van der Waals surface area contributed by atoms with Crippen LogP contribution in [0.3, 0.4) is 0 Å². The number of thioether (sulfide) groups is 1. The Balaban J connectivity index is 2.76. The van der Waals surface area contributed by atoms with E-state index in [1.165, 1.54) is 0 Å². The Kier molecular flexibility index (Phi) is 6.43. The zero-order chi connectivity index (χ0) is 15.2. The molecule has 0 saturated carbocycles. The van der Waals surface area contributed by atoms with E-state index in [1.54, 1.807) is 4.57 Å². The quantitative estimate of drug-likeness (QED) is 0.613. The number of aromatic nitrogens is 3. The fourth-order valence-electron chi connectivity index (χ4n) is 1.53. The Morgan fingerprint density at radius 3 is 2.70 bits per heavy atom. The van der Waals surface area contributed by atoms with Crippen LogP contribution in [-0.4, -0.2) is 52.8 Å². The highest BCUT2D eigenvalue weighted by Crippen LogP contribution is 2.17. The Morgan fingerprint density at radius 2 is 2.15 bits per heavy atom. The van der Waals surface area contributed by atoms with Gasteiger partial charge in [0.2, 0.25) is 10.0 Å². The molecule has 0 unspecified atom stereocenters. The van der Waals surface area contributed by atoms with E-state index < -0.39 is 16.0 Å². The van der Waals surface area contributed by atoms with Gasteiger partial charge in [0, 0.05) is 19.5 Å². The number of rotatable bonds is 9. The number of carboxylic acid groups (broad SMARTS) is 1. The summed E-state index contributed by atoms with van der Waals surface area (Å²) in [5.41, 5.74) is 0. The summed E-state index contributed by atoms with van der Waals surface area (Å²) in [6.45, 7) is 2.59. The maximum absolute atomic E-state index is 11.0. The van der Waals surface area contributed by atoms with E-state index in [0.717, 1.165) is 30.3 Å². The van der Waals surface area contributed by atoms with Crippen LogP contribution < -0.4 is 4.72 Å². The number of aliphatic carboxylic acids is 1. The summed E-state index contributed by atoms with van der Waals surface area (Å²) in [6.07, 6.45) is 2.67. The lowest BCUT2D eigenvalue weighted by molar-refractivity contribution is -0.133. The number of carbonyl (C=O) groups is 1. The lowest BCUT2D eigenvalue weighted by Gasteiger charge is -2.09. The van der Waals surface area contributed by atoms with Crippen LogP contribution in [0.15, 0.2) is 5.16 Å². The molecule has 0 spiro atoms. The molecule has 1 aromatic rings. The first-order chi connectivity index (χ1) is 9.33. The summed E-state index contributed by atoms with van der Waals surface area (Å²) in [7, 11) is -3.25. The molecule has 0 aliphatic rings. The lowest BCUT2D eigenvalue weighted by atomic mass is 10.3. The molecule has 0 aliphatic carbocycles. The molecule has 0 amide bonds. The molecule has 0 radical (unpaired) electrons. The van der Waals surface area contributed by atoms with Crippen molar-refractivity contribution in [1.82, 2.24) is 19.5 Å². The lowest BCUT2D eigenvalue weighted by Crippen LogP contribution is -2.26. The summed E-state index contributed by atoms with van der Waals surface area (Å²) in [5.74, 6) is -0.310. The molecule has 0 saturated heterocycles. The molecular formula is C10H18N4O4S2. The van der Waals surface area contributed by atoms with Gasteiger partial charge < -0.3 is 9.67 Å². The van der Waals surface area contributed by atoms with Crippen LogP contribution in [0.2, 0.25) is 0 Å². The van der Waals surface area contributed by atoms with Crippen molar-refractivity contribution in [2.75, 3.05) is 18.6 Å². The topological polar surface area (TPSA) is 114 Å². The number of hydrogen-bond acceptors (Lipinski definition) is 6. The SMILES string of the molecule is CCCc1nnc(SCC(=O)O)n1CCNS(C)(=O)=O. The van der Waals surface area contributed by atoms with Gasteiger partial charge in [0.25, 0.3) is 0 Å². The maximum atomic E-state index is 11.0. The van der Waals surface area contributed by atoms with Gasteiger partial charge >= 0.3 is 5.97 Å². The fraction of sp³-hybridized carbons (Fsp3) is 0.700. The van der Waals surface area contributed by atoms with Crippen molar-refractivity contribution in [2.24, 2.45) is 0 Å². The Labute approximate surface area is 122 Å². The Morgan fingerprint density at radius 1 is 1.45 bits per heavy atom. The van der Waals surface area contributed by atoms with Crippen LogP contribution in [0.25, 0.3) is 0 Å². The van der Waals surface area contributed by atoms with Gasteiger partial charge in [-0.1, -0.05) is 18.7 Å². The number of sulfonamides is 1. The van der Waals surface area contributed by atoms with Crippen LogP contribution in [0.1, 0.15) is 19.2 Å². The van der Waals surface area contributed by atoms with Crippen molar-refractivity contribution in [3.05, 3.63) is 5.82 Å². The van der Waals surface area contributed by atoms with Crippen LogP contribution in [0, 0.1) is 0 Å². The first kappa shape index (κ1) is 16.9. The second-order valence-electron chi connectivity index (χ2n) is 4.15. The summed E-state index contributed by atoms with van der Waals surface area (Å²) < 4.78 is 26.2. The van der Waals surface area contributed by atoms with Crippen molar-refractivity contribution in [2.45, 2.75) is 31.5 Å². The number of aryl methyl sites for hydroxylation is 1. The van der Waals surface area contributed by atoms with Gasteiger partial charge in [0.1, 0.15) is 5.82 Å². The normalized spacial score (nSPS) is 11.7. The molecule has 8 nitrogen and oxygen atoms in total. The molecule has 0 aliphatic heterocycles. The Bertz CT molecular complexity index is 556. The van der Waals surface area contributed by atoms with E-state index in [2.05, 4.69) is 14.9 Å². The van der Waals surface area contributed by atoms with Gasteiger partial charge in [-0.3, -0.25) is 4.79 Å². The van der Waals surface area contributed by atoms with E-state index in [4.69, 9.17) is 5.11 Å². The molecule has 0 aromatic carbocycles. The van der Waals surface area contributed by atoms with E-state index >= 15 is 0 Å². The van der Waals surface area contributed by atoms with Gasteiger partial charge in [-0.25, -0.2) is 13.1 Å². The van der Waals surface area contributed by atoms with Gasteiger partial charge in [-0.2, -0.15) is 0 Å². The number of carboxylic acids is 1. The number of nitrogens with zero attached hydrogens (tertiary/aromatic N) is 3. The van der Waals surface area contributed by atoms with E-state index in [-0.39, 0.29) is 12.3 Å². The van der Waals surface area contributed by atoms with Gasteiger partial charge in [-0.05, 0) is 6.42 Å². The minimum Gasteiger partial charge on any atom is -0.481 e. The fourth-order valence-corrected chi connectivity index (χ4v) is 2.69. The summed E-state index contributed by atoms with van der Waals surface area (Å²) >= 11 is 1.07. The zero-order valence-electron chi connectivity index (χ0n) is 11.4. The van der Waals surface area contributed by atoms with Crippen molar-refractivity contribution in [3.8, 4) is 0 Å². The molecule has 1 aromatic heterocycles. The van der Waals surface area contributed by atoms with Crippen LogP contribution >= 0.6 is 11.8 Å². The largest absolute Gasteiger partial charge is 0.481 e. The molecule has 0 bridgehead atoms. The molecule has 1 heterocycles. The smallest absolute Gasteiger partial charge is 0.313 e. The zero-order valence-corrected chi connectivity index (χ0v) is 13.0. The van der Waals surface area contributed by atoms with E-state index in [9.17, 15) is 13.2 Å². The molecule has 10 heteroatoms. The first-order valence-corrected chi connectivity index (χ1v) is 8.92. The second-order valence-corrected chi connectivity index (χ2v) is 6.92. The van der Waals surface area contributed by atoms with Crippen LogP contribution in [-0.2, 0) is 27.8 Å². The standard InChI is InChI=1S/C10H18N4O4S2/c1-3-4-8-12-13-10(19-7-9(15)16)14(8)6-5-11-20(2,17)18/h11H,3-7H2,1-2H3,(H,15,16). The average molecular weight is 322 g/mol. The third-order valence-electron chi connectivity index (χ3n) is 2.29. The predicted molar refractivity (Wildman–Crippen MR) is 75.2 cm³/mol. The molecular weight excluding hydrogens is 304 g/mol. The molecule has 20 heavy (non-hydrogen) atoms. The number of hydrogen-bond donors (Lipinski definition) is 2. The molecule has 1 rings (SSSR count). The number of nitrogens with one attached hydrogen (secondary N) is 1. The third-order valence-corrected chi connectivity index (χ3v) is 3.97. The van der Waals surface area contributed by atoms with Gasteiger partial charge in [0.05, 0.1) is 12.0 Å². The summed E-state index contributed by atoms with van der Waals surface area (Å²) in [5, 5.41) is 17.2. The predicted octanol–water partition coefficient (Wildman–Crippen LogP) is -0.0435. The maximum Gasteiger partial charge on any atom is 0.313 e. The first-order valence-electron chi connectivity index (χ1n) is 6.04. The minimum atomic E-state index is -3.25. The Hall–Kier alpha value is -1.13. The molecule has 2 N–H and O–H groups in total. The monoisotopic (exact) mass is 322 g/mol. The third kappa shape index (κ3) is 5.88. The van der Waals surface area contributed by atoms with Crippen LogP contribution in [0.4, 0.5) is 0 Å². The van der Waals surface area contributed by atoms with Crippen LogP contribution in [0.5, 0.6) is 0 Å². The van der Waals surface area contributed by atoms with Crippen molar-refractivity contribution in [1.29, 1.82) is 0 Å². The second kappa shape index (κ2) is 7.60. The minimum absolute atomic E-state index is 0.107. The summed E-state index contributed by atoms with van der Waals surface area (Å²) in [4.78, 5) is 10.6. The van der Waals surface area contributed by atoms with E-state index in [1.807, 2.05) is 6.92 Å². The van der Waals surface area contributed by atoms with Crippen molar-refractivity contribution in [3.63, 3.8) is 0 Å². The summed E-state index contributed by atoms with van der Waals surface area (Å²) in [6, 6.07) is 0. The molecule has 0 atom stereocenters. The highest BCUT2D eigenvalue weighted by Gasteiger charge is 2.13. The highest BCUT2D eigenvalue weighted by atomic mass is 32.2.